The minimum Gasteiger partial charge on any atom is -0.387 e. The number of hydrogen-bond donors (Lipinski definition) is 2. The normalized spacial score (nSPS) is 12.5. The second-order valence-electron chi connectivity index (χ2n) is 6.55. The lowest BCUT2D eigenvalue weighted by Crippen LogP contribution is -2.21. The first-order valence-corrected chi connectivity index (χ1v) is 10.4. The van der Waals surface area contributed by atoms with Crippen molar-refractivity contribution in [1.82, 2.24) is 5.32 Å². The Balaban J connectivity index is 1.57. The van der Waals surface area contributed by atoms with Crippen LogP contribution in [0.5, 0.6) is 5.75 Å². The maximum atomic E-state index is 12.3. The quantitative estimate of drug-likeness (QED) is 0.568. The molecule has 5 nitrogen and oxygen atoms in total. The van der Waals surface area contributed by atoms with Crippen molar-refractivity contribution in [3.8, 4) is 5.75 Å². The summed E-state index contributed by atoms with van der Waals surface area (Å²) in [6.45, 7) is 2.93. The molecule has 146 valence electrons. The molecule has 0 aromatic heterocycles. The molecule has 0 heterocycles. The van der Waals surface area contributed by atoms with Crippen molar-refractivity contribution in [2.45, 2.75) is 24.5 Å². The molecular weight excluding hydrogens is 374 g/mol. The number of hydrogen-bond acceptors (Lipinski definition) is 5. The Morgan fingerprint density at radius 1 is 0.929 bits per heavy atom. The molecule has 1 unspecified atom stereocenters. The predicted octanol–water partition coefficient (Wildman–Crippen LogP) is 3.59. The number of rotatable bonds is 8. The standard InChI is InChI=1S/C22H23NO4S/c1-17-7-13-21(14-8-17)28(25,26)27-20-11-9-19(10-12-20)22(24)16-23-15-18-5-3-2-4-6-18/h2-14,22-24H,15-16H2,1H3. The van der Waals surface area contributed by atoms with Crippen LogP contribution in [0.2, 0.25) is 0 Å². The van der Waals surface area contributed by atoms with Crippen molar-refractivity contribution in [2.75, 3.05) is 6.54 Å². The van der Waals surface area contributed by atoms with Crippen LogP contribution in [-0.2, 0) is 16.7 Å². The van der Waals surface area contributed by atoms with E-state index in [0.717, 1.165) is 11.1 Å². The molecule has 0 radical (unpaired) electrons. The largest absolute Gasteiger partial charge is 0.387 e. The van der Waals surface area contributed by atoms with Crippen molar-refractivity contribution >= 4 is 10.1 Å². The molecule has 2 N–H and O–H groups in total. The summed E-state index contributed by atoms with van der Waals surface area (Å²) >= 11 is 0. The summed E-state index contributed by atoms with van der Waals surface area (Å²) in [5, 5.41) is 13.5. The lowest BCUT2D eigenvalue weighted by Gasteiger charge is -2.13. The molecule has 0 aliphatic carbocycles. The molecule has 3 aromatic rings. The monoisotopic (exact) mass is 397 g/mol. The maximum absolute atomic E-state index is 12.3. The fraction of sp³-hybridized carbons (Fsp3) is 0.182. The number of benzene rings is 3. The fourth-order valence-corrected chi connectivity index (χ4v) is 3.62. The van der Waals surface area contributed by atoms with Gasteiger partial charge in [0.1, 0.15) is 10.6 Å². The summed E-state index contributed by atoms with van der Waals surface area (Å²) in [5.74, 6) is 0.203. The van der Waals surface area contributed by atoms with Gasteiger partial charge in [0.05, 0.1) is 6.10 Å². The van der Waals surface area contributed by atoms with Gasteiger partial charge in [-0.15, -0.1) is 0 Å². The van der Waals surface area contributed by atoms with Crippen molar-refractivity contribution in [3.05, 3.63) is 95.6 Å². The third-order valence-corrected chi connectivity index (χ3v) is 5.55. The maximum Gasteiger partial charge on any atom is 0.339 e. The molecule has 0 bridgehead atoms. The third-order valence-electron chi connectivity index (χ3n) is 4.29. The Morgan fingerprint density at radius 2 is 1.57 bits per heavy atom. The smallest absolute Gasteiger partial charge is 0.339 e. The molecule has 1 atom stereocenters. The van der Waals surface area contributed by atoms with Gasteiger partial charge in [-0.05, 0) is 42.3 Å². The lowest BCUT2D eigenvalue weighted by molar-refractivity contribution is 0.174. The van der Waals surface area contributed by atoms with E-state index in [-0.39, 0.29) is 10.6 Å². The van der Waals surface area contributed by atoms with Gasteiger partial charge in [-0.2, -0.15) is 8.42 Å². The van der Waals surface area contributed by atoms with Crippen LogP contribution in [0.4, 0.5) is 0 Å². The van der Waals surface area contributed by atoms with E-state index in [1.807, 2.05) is 37.3 Å². The highest BCUT2D eigenvalue weighted by atomic mass is 32.2. The third kappa shape index (κ3) is 5.42. The Morgan fingerprint density at radius 3 is 2.21 bits per heavy atom. The van der Waals surface area contributed by atoms with Crippen LogP contribution < -0.4 is 9.50 Å². The van der Waals surface area contributed by atoms with Crippen LogP contribution >= 0.6 is 0 Å². The van der Waals surface area contributed by atoms with Crippen molar-refractivity contribution in [3.63, 3.8) is 0 Å². The lowest BCUT2D eigenvalue weighted by atomic mass is 10.1. The Hall–Kier alpha value is -2.67. The van der Waals surface area contributed by atoms with Gasteiger partial charge < -0.3 is 14.6 Å². The number of aliphatic hydroxyl groups is 1. The van der Waals surface area contributed by atoms with Gasteiger partial charge in [0.25, 0.3) is 0 Å². The van der Waals surface area contributed by atoms with E-state index in [1.165, 1.54) is 12.1 Å². The van der Waals surface area contributed by atoms with E-state index >= 15 is 0 Å². The van der Waals surface area contributed by atoms with Gasteiger partial charge in [0, 0.05) is 13.1 Å². The first-order valence-electron chi connectivity index (χ1n) is 8.98. The van der Waals surface area contributed by atoms with E-state index in [9.17, 15) is 13.5 Å². The summed E-state index contributed by atoms with van der Waals surface area (Å²) in [5.41, 5.74) is 2.79. The first kappa shape index (κ1) is 20.1. The molecule has 0 aliphatic rings. The molecule has 0 saturated heterocycles. The molecule has 6 heteroatoms. The molecule has 3 rings (SSSR count). The highest BCUT2D eigenvalue weighted by Crippen LogP contribution is 2.22. The van der Waals surface area contributed by atoms with E-state index in [2.05, 4.69) is 5.32 Å². The summed E-state index contributed by atoms with van der Waals surface area (Å²) in [6.07, 6.45) is -0.702. The van der Waals surface area contributed by atoms with E-state index in [0.29, 0.717) is 18.7 Å². The summed E-state index contributed by atoms with van der Waals surface area (Å²) < 4.78 is 29.8. The molecular formula is C22H23NO4S. The molecule has 0 fully saturated rings. The van der Waals surface area contributed by atoms with E-state index < -0.39 is 16.2 Å². The number of aliphatic hydroxyl groups excluding tert-OH is 1. The van der Waals surface area contributed by atoms with Gasteiger partial charge in [-0.3, -0.25) is 0 Å². The average molecular weight is 397 g/mol. The highest BCUT2D eigenvalue weighted by molar-refractivity contribution is 7.87. The minimum absolute atomic E-state index is 0.104. The minimum atomic E-state index is -3.88. The van der Waals surface area contributed by atoms with Crippen LogP contribution in [0.15, 0.2) is 83.8 Å². The second kappa shape index (κ2) is 9.01. The number of nitrogens with one attached hydrogen (secondary N) is 1. The second-order valence-corrected chi connectivity index (χ2v) is 8.10. The van der Waals surface area contributed by atoms with Crippen LogP contribution in [-0.4, -0.2) is 20.1 Å². The summed E-state index contributed by atoms with van der Waals surface area (Å²) in [7, 11) is -3.88. The van der Waals surface area contributed by atoms with Crippen molar-refractivity contribution in [2.24, 2.45) is 0 Å². The molecule has 0 spiro atoms. The zero-order chi connectivity index (χ0) is 20.0. The van der Waals surface area contributed by atoms with Gasteiger partial charge >= 0.3 is 10.1 Å². The topological polar surface area (TPSA) is 75.6 Å². The molecule has 28 heavy (non-hydrogen) atoms. The zero-order valence-electron chi connectivity index (χ0n) is 15.6. The van der Waals surface area contributed by atoms with Gasteiger partial charge in [0.15, 0.2) is 0 Å². The molecule has 0 saturated carbocycles. The molecule has 0 amide bonds. The van der Waals surface area contributed by atoms with Gasteiger partial charge in [-0.1, -0.05) is 60.2 Å². The summed E-state index contributed by atoms with van der Waals surface area (Å²) in [6, 6.07) is 22.8. The van der Waals surface area contributed by atoms with Crippen LogP contribution in [0, 0.1) is 6.92 Å². The Labute approximate surface area is 165 Å². The average Bonchev–Trinajstić information content (AvgIpc) is 2.69. The van der Waals surface area contributed by atoms with Crippen LogP contribution in [0.1, 0.15) is 22.8 Å². The zero-order valence-corrected chi connectivity index (χ0v) is 16.4. The van der Waals surface area contributed by atoms with Gasteiger partial charge in [-0.25, -0.2) is 0 Å². The van der Waals surface area contributed by atoms with E-state index in [4.69, 9.17) is 4.18 Å². The first-order chi connectivity index (χ1) is 13.4. The van der Waals surface area contributed by atoms with Crippen molar-refractivity contribution < 1.29 is 17.7 Å². The van der Waals surface area contributed by atoms with Crippen LogP contribution in [0.25, 0.3) is 0 Å². The fourth-order valence-electron chi connectivity index (χ4n) is 2.69. The van der Waals surface area contributed by atoms with Crippen molar-refractivity contribution in [1.29, 1.82) is 0 Å². The predicted molar refractivity (Wildman–Crippen MR) is 109 cm³/mol. The highest BCUT2D eigenvalue weighted by Gasteiger charge is 2.16. The Kier molecular flexibility index (Phi) is 6.46. The van der Waals surface area contributed by atoms with E-state index in [1.54, 1.807) is 36.4 Å². The SMILES string of the molecule is Cc1ccc(S(=O)(=O)Oc2ccc(C(O)CNCc3ccccc3)cc2)cc1. The molecule has 0 aliphatic heterocycles. The summed E-state index contributed by atoms with van der Waals surface area (Å²) in [4.78, 5) is 0.104. The molecule has 3 aromatic carbocycles. The van der Waals surface area contributed by atoms with Gasteiger partial charge in [0.2, 0.25) is 0 Å². The number of aryl methyl sites for hydroxylation is 1. The van der Waals surface area contributed by atoms with Crippen LogP contribution in [0.3, 0.4) is 0 Å². The Bertz CT molecular complexity index is 985.